The van der Waals surface area contributed by atoms with Crippen molar-refractivity contribution < 1.29 is 19.2 Å². The van der Waals surface area contributed by atoms with Crippen molar-refractivity contribution in [2.45, 2.75) is 13.3 Å². The molecule has 0 radical (unpaired) electrons. The lowest BCUT2D eigenvalue weighted by Crippen LogP contribution is -2.13. The molecule has 1 heterocycles. The third kappa shape index (κ3) is 3.66. The topological polar surface area (TPSA) is 65.0 Å². The van der Waals surface area contributed by atoms with E-state index in [1.54, 1.807) is 6.92 Å². The number of benzene rings is 2. The van der Waals surface area contributed by atoms with Gasteiger partial charge in [-0.1, -0.05) is 65.8 Å². The van der Waals surface area contributed by atoms with E-state index in [1.807, 2.05) is 60.7 Å². The van der Waals surface area contributed by atoms with Crippen LogP contribution in [0.15, 0.2) is 71.4 Å². The van der Waals surface area contributed by atoms with Gasteiger partial charge < -0.3 is 9.57 Å². The molecule has 1 aliphatic rings. The van der Waals surface area contributed by atoms with Gasteiger partial charge in [-0.15, -0.1) is 0 Å². The van der Waals surface area contributed by atoms with Crippen LogP contribution in [0.25, 0.3) is 5.57 Å². The second-order valence-electron chi connectivity index (χ2n) is 5.39. The van der Waals surface area contributed by atoms with E-state index < -0.39 is 11.9 Å². The van der Waals surface area contributed by atoms with Crippen LogP contribution in [0, 0.1) is 0 Å². The van der Waals surface area contributed by atoms with E-state index in [1.165, 1.54) is 0 Å². The van der Waals surface area contributed by atoms with Gasteiger partial charge in [-0.3, -0.25) is 4.79 Å². The molecule has 5 nitrogen and oxygen atoms in total. The van der Waals surface area contributed by atoms with Crippen LogP contribution in [0.1, 0.15) is 24.5 Å². The molecule has 0 aliphatic carbocycles. The fourth-order valence-corrected chi connectivity index (χ4v) is 2.66. The first-order valence-corrected chi connectivity index (χ1v) is 8.00. The van der Waals surface area contributed by atoms with Gasteiger partial charge in [0.1, 0.15) is 5.71 Å². The van der Waals surface area contributed by atoms with Gasteiger partial charge in [0, 0.05) is 5.56 Å². The summed E-state index contributed by atoms with van der Waals surface area (Å²) < 4.78 is 5.06. The number of hydrogen-bond acceptors (Lipinski definition) is 5. The quantitative estimate of drug-likeness (QED) is 0.477. The number of rotatable bonds is 5. The number of hydrogen-bond donors (Lipinski definition) is 0. The molecule has 3 rings (SSSR count). The summed E-state index contributed by atoms with van der Waals surface area (Å²) in [7, 11) is 0. The third-order valence-electron chi connectivity index (χ3n) is 3.76. The summed E-state index contributed by atoms with van der Waals surface area (Å²) in [5.74, 6) is -0.969. The van der Waals surface area contributed by atoms with E-state index in [0.717, 1.165) is 11.1 Å². The smallest absolute Gasteiger partial charge is 0.368 e. The van der Waals surface area contributed by atoms with E-state index in [-0.39, 0.29) is 13.0 Å². The SMILES string of the molecule is CCOC(=O)C/C(=C1\C(=O)ON=C1c1ccccc1)c1ccccc1. The minimum Gasteiger partial charge on any atom is -0.466 e. The van der Waals surface area contributed by atoms with Crippen LogP contribution in [0.5, 0.6) is 0 Å². The van der Waals surface area contributed by atoms with Crippen molar-refractivity contribution in [1.29, 1.82) is 0 Å². The number of nitrogens with zero attached hydrogens (tertiary/aromatic N) is 1. The largest absolute Gasteiger partial charge is 0.466 e. The van der Waals surface area contributed by atoms with Gasteiger partial charge in [-0.2, -0.15) is 0 Å². The molecule has 0 atom stereocenters. The zero-order valence-electron chi connectivity index (χ0n) is 13.8. The van der Waals surface area contributed by atoms with Gasteiger partial charge in [-0.05, 0) is 18.1 Å². The molecule has 25 heavy (non-hydrogen) atoms. The first kappa shape index (κ1) is 16.6. The highest BCUT2D eigenvalue weighted by Crippen LogP contribution is 2.29. The Morgan fingerprint density at radius 2 is 1.68 bits per heavy atom. The van der Waals surface area contributed by atoms with Crippen molar-refractivity contribution in [2.24, 2.45) is 5.16 Å². The second-order valence-corrected chi connectivity index (χ2v) is 5.39. The lowest BCUT2D eigenvalue weighted by atomic mass is 9.92. The Kier molecular flexibility index (Phi) is 5.04. The van der Waals surface area contributed by atoms with Crippen LogP contribution in [-0.4, -0.2) is 24.3 Å². The van der Waals surface area contributed by atoms with Crippen LogP contribution in [-0.2, 0) is 19.2 Å². The van der Waals surface area contributed by atoms with Crippen molar-refractivity contribution >= 4 is 23.2 Å². The zero-order chi connectivity index (χ0) is 17.6. The maximum Gasteiger partial charge on any atom is 0.368 e. The molecular weight excluding hydrogens is 318 g/mol. The number of oxime groups is 1. The van der Waals surface area contributed by atoms with E-state index >= 15 is 0 Å². The van der Waals surface area contributed by atoms with Crippen molar-refractivity contribution in [3.05, 3.63) is 77.4 Å². The average Bonchev–Trinajstić information content (AvgIpc) is 3.03. The molecule has 0 aromatic heterocycles. The zero-order valence-corrected chi connectivity index (χ0v) is 13.8. The van der Waals surface area contributed by atoms with E-state index in [4.69, 9.17) is 9.57 Å². The lowest BCUT2D eigenvalue weighted by molar-refractivity contribution is -0.141. The molecule has 1 aliphatic heterocycles. The Hall–Kier alpha value is -3.21. The highest BCUT2D eigenvalue weighted by molar-refractivity contribution is 6.33. The molecule has 126 valence electrons. The van der Waals surface area contributed by atoms with Gasteiger partial charge in [0.25, 0.3) is 0 Å². The molecule has 0 N–H and O–H groups in total. The van der Waals surface area contributed by atoms with Gasteiger partial charge in [0.2, 0.25) is 0 Å². The summed E-state index contributed by atoms with van der Waals surface area (Å²) in [5.41, 5.74) is 2.78. The van der Waals surface area contributed by atoms with E-state index in [2.05, 4.69) is 5.16 Å². The van der Waals surface area contributed by atoms with Crippen molar-refractivity contribution in [3.63, 3.8) is 0 Å². The first-order valence-electron chi connectivity index (χ1n) is 8.00. The van der Waals surface area contributed by atoms with Crippen LogP contribution in [0.3, 0.4) is 0 Å². The highest BCUT2D eigenvalue weighted by atomic mass is 16.7. The maximum absolute atomic E-state index is 12.4. The van der Waals surface area contributed by atoms with Gasteiger partial charge in [0.15, 0.2) is 0 Å². The molecule has 2 aromatic carbocycles. The summed E-state index contributed by atoms with van der Waals surface area (Å²) in [6, 6.07) is 18.5. The van der Waals surface area contributed by atoms with Gasteiger partial charge in [-0.25, -0.2) is 4.79 Å². The Balaban J connectivity index is 2.12. The molecule has 2 aromatic rings. The number of ether oxygens (including phenoxy) is 1. The minimum atomic E-state index is -0.568. The first-order chi connectivity index (χ1) is 12.2. The summed E-state index contributed by atoms with van der Waals surface area (Å²) in [6.45, 7) is 2.02. The van der Waals surface area contributed by atoms with E-state index in [9.17, 15) is 9.59 Å². The summed E-state index contributed by atoms with van der Waals surface area (Å²) in [5, 5.41) is 3.93. The van der Waals surface area contributed by atoms with Crippen molar-refractivity contribution in [1.82, 2.24) is 0 Å². The van der Waals surface area contributed by atoms with Crippen LogP contribution < -0.4 is 0 Å². The Morgan fingerprint density at radius 3 is 2.32 bits per heavy atom. The Morgan fingerprint density at radius 1 is 1.04 bits per heavy atom. The Bertz CT molecular complexity index is 839. The molecule has 5 heteroatoms. The van der Waals surface area contributed by atoms with Gasteiger partial charge in [0.05, 0.1) is 18.6 Å². The standard InChI is InChI=1S/C20H17NO4/c1-2-24-17(22)13-16(14-9-5-3-6-10-14)18-19(21-25-20(18)23)15-11-7-4-8-12-15/h3-12H,2,13H2,1H3/b18-16+. The molecule has 0 unspecified atom stereocenters. The van der Waals surface area contributed by atoms with Crippen LogP contribution >= 0.6 is 0 Å². The summed E-state index contributed by atoms with van der Waals surface area (Å²) >= 11 is 0. The Labute approximate surface area is 145 Å². The fourth-order valence-electron chi connectivity index (χ4n) is 2.66. The molecule has 0 fully saturated rings. The summed E-state index contributed by atoms with van der Waals surface area (Å²) in [6.07, 6.45) is -0.0336. The van der Waals surface area contributed by atoms with E-state index in [0.29, 0.717) is 16.9 Å². The molecule has 0 saturated carbocycles. The van der Waals surface area contributed by atoms with Crippen LogP contribution in [0.4, 0.5) is 0 Å². The molecule has 0 bridgehead atoms. The molecule has 0 spiro atoms. The number of esters is 1. The summed E-state index contributed by atoms with van der Waals surface area (Å²) in [4.78, 5) is 29.4. The number of carbonyl (C=O) groups is 2. The average molecular weight is 335 g/mol. The minimum absolute atomic E-state index is 0.0336. The fraction of sp³-hybridized carbons (Fsp3) is 0.150. The lowest BCUT2D eigenvalue weighted by Gasteiger charge is -2.11. The molecule has 0 amide bonds. The van der Waals surface area contributed by atoms with Crippen molar-refractivity contribution in [3.8, 4) is 0 Å². The maximum atomic E-state index is 12.4. The second kappa shape index (κ2) is 7.57. The predicted octanol–water partition coefficient (Wildman–Crippen LogP) is 3.35. The highest BCUT2D eigenvalue weighted by Gasteiger charge is 2.31. The monoisotopic (exact) mass is 335 g/mol. The normalized spacial score (nSPS) is 15.4. The third-order valence-corrected chi connectivity index (χ3v) is 3.76. The molecular formula is C20H17NO4. The predicted molar refractivity (Wildman–Crippen MR) is 93.7 cm³/mol. The number of carbonyl (C=O) groups excluding carboxylic acids is 2. The molecule has 0 saturated heterocycles. The van der Waals surface area contributed by atoms with Gasteiger partial charge >= 0.3 is 11.9 Å². The van der Waals surface area contributed by atoms with Crippen molar-refractivity contribution in [2.75, 3.05) is 6.61 Å². The van der Waals surface area contributed by atoms with Crippen LogP contribution in [0.2, 0.25) is 0 Å².